The van der Waals surface area contributed by atoms with Crippen molar-refractivity contribution in [2.45, 2.75) is 27.4 Å². The Morgan fingerprint density at radius 2 is 1.83 bits per heavy atom. The Balaban J connectivity index is 2.22. The average Bonchev–Trinajstić information content (AvgIpc) is 2.77. The summed E-state index contributed by atoms with van der Waals surface area (Å²) in [7, 11) is 0. The van der Waals surface area contributed by atoms with E-state index in [0.29, 0.717) is 16.9 Å². The number of aliphatic carboxylic acids is 1. The summed E-state index contributed by atoms with van der Waals surface area (Å²) in [4.78, 5) is 22.2. The smallest absolute Gasteiger partial charge is 0.336 e. The van der Waals surface area contributed by atoms with Crippen LogP contribution in [-0.2, 0) is 16.1 Å². The van der Waals surface area contributed by atoms with Gasteiger partial charge in [-0.25, -0.2) is 9.59 Å². The number of fused-ring (bicyclic) bond motifs is 2. The van der Waals surface area contributed by atoms with E-state index in [1.165, 1.54) is 6.07 Å². The minimum Gasteiger partial charge on any atom is -0.480 e. The Morgan fingerprint density at radius 3 is 2.52 bits per heavy atom. The summed E-state index contributed by atoms with van der Waals surface area (Å²) in [6.07, 6.45) is 0. The third-order valence-electron chi connectivity index (χ3n) is 3.90. The largest absolute Gasteiger partial charge is 0.480 e. The van der Waals surface area contributed by atoms with E-state index in [1.54, 1.807) is 6.92 Å². The Hall–Kier alpha value is -2.60. The zero-order valence-corrected chi connectivity index (χ0v) is 13.1. The Labute approximate surface area is 131 Å². The van der Waals surface area contributed by atoms with Gasteiger partial charge in [0.1, 0.15) is 23.5 Å². The lowest BCUT2D eigenvalue weighted by atomic mass is 10.0. The van der Waals surface area contributed by atoms with Crippen molar-refractivity contribution in [2.24, 2.45) is 0 Å². The maximum atomic E-state index is 11.6. The van der Waals surface area contributed by atoms with Crippen molar-refractivity contribution in [3.63, 3.8) is 0 Å². The molecule has 6 heteroatoms. The first-order valence-electron chi connectivity index (χ1n) is 7.14. The molecule has 0 aliphatic heterocycles. The number of furan rings is 1. The van der Waals surface area contributed by atoms with Crippen LogP contribution in [0.2, 0.25) is 0 Å². The molecule has 0 aliphatic carbocycles. The molecule has 3 rings (SSSR count). The number of hydrogen-bond donors (Lipinski definition) is 1. The first kappa shape index (κ1) is 15.3. The van der Waals surface area contributed by atoms with Gasteiger partial charge in [-0.1, -0.05) is 0 Å². The van der Waals surface area contributed by atoms with Crippen LogP contribution in [0.1, 0.15) is 22.5 Å². The molecular weight excluding hydrogens is 300 g/mol. The summed E-state index contributed by atoms with van der Waals surface area (Å²) in [5.41, 5.74) is 3.10. The van der Waals surface area contributed by atoms with E-state index >= 15 is 0 Å². The topological polar surface area (TPSA) is 89.9 Å². The van der Waals surface area contributed by atoms with Crippen LogP contribution in [0.15, 0.2) is 25.8 Å². The molecule has 3 aromatic rings. The molecule has 23 heavy (non-hydrogen) atoms. The molecule has 2 aromatic heterocycles. The number of carbonyl (C=O) groups is 1. The van der Waals surface area contributed by atoms with Crippen molar-refractivity contribution in [1.29, 1.82) is 0 Å². The van der Waals surface area contributed by atoms with Crippen molar-refractivity contribution in [1.82, 2.24) is 0 Å². The number of carboxylic acids is 1. The molecule has 0 spiro atoms. The first-order chi connectivity index (χ1) is 10.9. The van der Waals surface area contributed by atoms with Crippen molar-refractivity contribution in [2.75, 3.05) is 6.61 Å². The monoisotopic (exact) mass is 316 g/mol. The van der Waals surface area contributed by atoms with Gasteiger partial charge in [0.2, 0.25) is 0 Å². The van der Waals surface area contributed by atoms with E-state index in [1.807, 2.05) is 19.9 Å². The summed E-state index contributed by atoms with van der Waals surface area (Å²) in [5, 5.41) is 10.4. The second-order valence-corrected chi connectivity index (χ2v) is 5.53. The standard InChI is InChI=1S/C17H16O6/c1-8-4-15(20)23-16-9(2)17-12(5-11(8)16)13(10(3)22-17)6-21-7-14(18)19/h4-5H,6-7H2,1-3H3,(H,18,19). The van der Waals surface area contributed by atoms with Gasteiger partial charge in [-0.3, -0.25) is 0 Å². The van der Waals surface area contributed by atoms with Crippen molar-refractivity contribution in [3.8, 4) is 0 Å². The fourth-order valence-electron chi connectivity index (χ4n) is 2.77. The molecule has 2 heterocycles. The highest BCUT2D eigenvalue weighted by Gasteiger charge is 2.18. The maximum Gasteiger partial charge on any atom is 0.336 e. The van der Waals surface area contributed by atoms with Crippen LogP contribution in [0.5, 0.6) is 0 Å². The highest BCUT2D eigenvalue weighted by molar-refractivity contribution is 5.99. The lowest BCUT2D eigenvalue weighted by molar-refractivity contribution is -0.142. The van der Waals surface area contributed by atoms with Crippen LogP contribution in [-0.4, -0.2) is 17.7 Å². The van der Waals surface area contributed by atoms with Crippen molar-refractivity contribution < 1.29 is 23.5 Å². The van der Waals surface area contributed by atoms with Gasteiger partial charge in [-0.05, 0) is 32.4 Å². The van der Waals surface area contributed by atoms with Gasteiger partial charge in [0.05, 0.1) is 6.61 Å². The summed E-state index contributed by atoms with van der Waals surface area (Å²) in [6, 6.07) is 3.34. The van der Waals surface area contributed by atoms with Gasteiger partial charge in [-0.15, -0.1) is 0 Å². The second-order valence-electron chi connectivity index (χ2n) is 5.53. The van der Waals surface area contributed by atoms with Crippen LogP contribution < -0.4 is 5.63 Å². The van der Waals surface area contributed by atoms with E-state index in [-0.39, 0.29) is 13.2 Å². The molecule has 1 aromatic carbocycles. The fraction of sp³-hybridized carbons (Fsp3) is 0.294. The Kier molecular flexibility index (Phi) is 3.69. The normalized spacial score (nSPS) is 11.4. The quantitative estimate of drug-likeness (QED) is 0.744. The van der Waals surface area contributed by atoms with E-state index in [4.69, 9.17) is 18.7 Å². The van der Waals surface area contributed by atoms with Gasteiger partial charge in [0, 0.05) is 28.0 Å². The lowest BCUT2D eigenvalue weighted by Crippen LogP contribution is -2.06. The molecule has 0 saturated carbocycles. The second kappa shape index (κ2) is 5.55. The average molecular weight is 316 g/mol. The van der Waals surface area contributed by atoms with E-state index in [2.05, 4.69) is 0 Å². The number of carboxylic acid groups (broad SMARTS) is 1. The minimum absolute atomic E-state index is 0.145. The summed E-state index contributed by atoms with van der Waals surface area (Å²) >= 11 is 0. The molecule has 120 valence electrons. The lowest BCUT2D eigenvalue weighted by Gasteiger charge is -2.05. The molecule has 0 saturated heterocycles. The molecule has 0 atom stereocenters. The van der Waals surface area contributed by atoms with Gasteiger partial charge in [0.15, 0.2) is 0 Å². The SMILES string of the molecule is Cc1oc2c(C)c3oc(=O)cc(C)c3cc2c1COCC(=O)O. The predicted octanol–water partition coefficient (Wildman–Crippen LogP) is 3.07. The van der Waals surface area contributed by atoms with Gasteiger partial charge in [-0.2, -0.15) is 0 Å². The summed E-state index contributed by atoms with van der Waals surface area (Å²) < 4.78 is 16.3. The fourth-order valence-corrected chi connectivity index (χ4v) is 2.77. The van der Waals surface area contributed by atoms with E-state index in [0.717, 1.165) is 27.5 Å². The number of aryl methyl sites for hydroxylation is 3. The zero-order chi connectivity index (χ0) is 16.7. The van der Waals surface area contributed by atoms with Crippen LogP contribution in [0.4, 0.5) is 0 Å². The molecule has 1 N–H and O–H groups in total. The molecule has 6 nitrogen and oxygen atoms in total. The third-order valence-corrected chi connectivity index (χ3v) is 3.90. The van der Waals surface area contributed by atoms with Crippen LogP contribution in [0.25, 0.3) is 21.9 Å². The number of hydrogen-bond acceptors (Lipinski definition) is 5. The van der Waals surface area contributed by atoms with E-state index in [9.17, 15) is 9.59 Å². The zero-order valence-electron chi connectivity index (χ0n) is 13.1. The van der Waals surface area contributed by atoms with Crippen LogP contribution in [0, 0.1) is 20.8 Å². The van der Waals surface area contributed by atoms with Crippen molar-refractivity contribution >= 4 is 27.9 Å². The van der Waals surface area contributed by atoms with E-state index < -0.39 is 11.6 Å². The summed E-state index contributed by atoms with van der Waals surface area (Å²) in [6.45, 7) is 5.25. The summed E-state index contributed by atoms with van der Waals surface area (Å²) in [5.74, 6) is -0.363. The number of rotatable bonds is 4. The minimum atomic E-state index is -1.02. The number of benzene rings is 1. The third kappa shape index (κ3) is 2.61. The van der Waals surface area contributed by atoms with Gasteiger partial charge < -0.3 is 18.7 Å². The first-order valence-corrected chi connectivity index (χ1v) is 7.14. The Bertz CT molecular complexity index is 976. The molecule has 0 unspecified atom stereocenters. The van der Waals surface area contributed by atoms with Crippen LogP contribution in [0.3, 0.4) is 0 Å². The van der Waals surface area contributed by atoms with Gasteiger partial charge >= 0.3 is 11.6 Å². The molecule has 0 fully saturated rings. The molecule has 0 aliphatic rings. The molecule has 0 amide bonds. The van der Waals surface area contributed by atoms with Gasteiger partial charge in [0.25, 0.3) is 0 Å². The highest BCUT2D eigenvalue weighted by Crippen LogP contribution is 2.34. The maximum absolute atomic E-state index is 11.6. The molecular formula is C17H16O6. The highest BCUT2D eigenvalue weighted by atomic mass is 16.5. The number of ether oxygens (including phenoxy) is 1. The molecule has 0 bridgehead atoms. The van der Waals surface area contributed by atoms with Crippen LogP contribution >= 0.6 is 0 Å². The predicted molar refractivity (Wildman–Crippen MR) is 83.8 cm³/mol. The molecule has 0 radical (unpaired) electrons. The van der Waals surface area contributed by atoms with Crippen molar-refractivity contribution in [3.05, 3.63) is 45.0 Å². The Morgan fingerprint density at radius 1 is 1.13 bits per heavy atom.